The largest absolute Gasteiger partial charge is 0.381 e. The molecule has 5 nitrogen and oxygen atoms in total. The Morgan fingerprint density at radius 1 is 1.04 bits per heavy atom. The quantitative estimate of drug-likeness (QED) is 0.889. The fourth-order valence-electron chi connectivity index (χ4n) is 3.71. The van der Waals surface area contributed by atoms with Crippen molar-refractivity contribution < 1.29 is 14.3 Å². The highest BCUT2D eigenvalue weighted by Gasteiger charge is 2.25. The lowest BCUT2D eigenvalue weighted by Gasteiger charge is -2.32. The molecule has 0 bridgehead atoms. The number of rotatable bonds is 5. The number of hydrogen-bond acceptors (Lipinski definition) is 3. The molecule has 2 heterocycles. The molecule has 3 rings (SSSR count). The molecule has 0 atom stereocenters. The van der Waals surface area contributed by atoms with E-state index in [1.807, 2.05) is 11.0 Å². The van der Waals surface area contributed by atoms with Crippen LogP contribution in [0.2, 0.25) is 0 Å². The van der Waals surface area contributed by atoms with Crippen LogP contribution in [0.1, 0.15) is 31.2 Å². The Balaban J connectivity index is 1.37. The maximum absolute atomic E-state index is 12.3. The molecule has 0 aliphatic carbocycles. The summed E-state index contributed by atoms with van der Waals surface area (Å²) in [5.41, 5.74) is 1.37. The Morgan fingerprint density at radius 2 is 1.72 bits per heavy atom. The third kappa shape index (κ3) is 5.30. The average Bonchev–Trinajstić information content (AvgIpc) is 2.68. The molecule has 5 heteroatoms. The minimum absolute atomic E-state index is 0.00170. The molecule has 1 aromatic carbocycles. The van der Waals surface area contributed by atoms with Gasteiger partial charge in [0.15, 0.2) is 0 Å². The molecule has 0 spiro atoms. The van der Waals surface area contributed by atoms with Gasteiger partial charge < -0.3 is 15.0 Å². The second-order valence-electron chi connectivity index (χ2n) is 7.12. The zero-order valence-corrected chi connectivity index (χ0v) is 14.8. The molecule has 1 N–H and O–H groups in total. The van der Waals surface area contributed by atoms with Gasteiger partial charge >= 0.3 is 0 Å². The van der Waals surface area contributed by atoms with Gasteiger partial charge in [0.1, 0.15) is 0 Å². The maximum Gasteiger partial charge on any atom is 0.241 e. The number of ether oxygens (including phenoxy) is 1. The van der Waals surface area contributed by atoms with Crippen LogP contribution in [0.25, 0.3) is 0 Å². The van der Waals surface area contributed by atoms with Crippen LogP contribution in [0, 0.1) is 11.8 Å². The van der Waals surface area contributed by atoms with Crippen molar-refractivity contribution in [3.05, 3.63) is 35.9 Å². The van der Waals surface area contributed by atoms with E-state index >= 15 is 0 Å². The summed E-state index contributed by atoms with van der Waals surface area (Å²) in [7, 11) is 0. The second kappa shape index (κ2) is 8.99. The number of benzene rings is 1. The van der Waals surface area contributed by atoms with Crippen LogP contribution in [-0.4, -0.2) is 49.6 Å². The van der Waals surface area contributed by atoms with Gasteiger partial charge in [-0.3, -0.25) is 9.59 Å². The number of piperidine rings is 1. The van der Waals surface area contributed by atoms with Crippen LogP contribution in [0.3, 0.4) is 0 Å². The first-order valence-electron chi connectivity index (χ1n) is 9.39. The Hall–Kier alpha value is -1.88. The van der Waals surface area contributed by atoms with Gasteiger partial charge in [-0.25, -0.2) is 0 Å². The highest BCUT2D eigenvalue weighted by molar-refractivity contribution is 5.85. The van der Waals surface area contributed by atoms with Crippen molar-refractivity contribution in [3.8, 4) is 0 Å². The van der Waals surface area contributed by atoms with Gasteiger partial charge in [0.05, 0.1) is 6.54 Å². The predicted octanol–water partition coefficient (Wildman–Crippen LogP) is 2.01. The summed E-state index contributed by atoms with van der Waals surface area (Å²) >= 11 is 0. The van der Waals surface area contributed by atoms with Crippen molar-refractivity contribution in [3.63, 3.8) is 0 Å². The SMILES string of the molecule is O=C(NCC(=O)N1CCC(Cc2ccccc2)CC1)C1CCOCC1. The summed E-state index contributed by atoms with van der Waals surface area (Å²) in [6, 6.07) is 10.5. The Labute approximate surface area is 149 Å². The van der Waals surface area contributed by atoms with E-state index in [9.17, 15) is 9.59 Å². The van der Waals surface area contributed by atoms with Crippen LogP contribution in [-0.2, 0) is 20.7 Å². The molecular formula is C20H28N2O3. The molecule has 2 saturated heterocycles. The number of nitrogens with zero attached hydrogens (tertiary/aromatic N) is 1. The van der Waals surface area contributed by atoms with Crippen molar-refractivity contribution in [2.24, 2.45) is 11.8 Å². The van der Waals surface area contributed by atoms with Gasteiger partial charge in [0.25, 0.3) is 0 Å². The number of amides is 2. The third-order valence-corrected chi connectivity index (χ3v) is 5.34. The number of carbonyl (C=O) groups is 2. The van der Waals surface area contributed by atoms with E-state index in [1.54, 1.807) is 0 Å². The van der Waals surface area contributed by atoms with Gasteiger partial charge in [-0.1, -0.05) is 30.3 Å². The number of carbonyl (C=O) groups excluding carboxylic acids is 2. The Morgan fingerprint density at radius 3 is 2.40 bits per heavy atom. The molecule has 2 amide bonds. The minimum atomic E-state index is -0.00406. The number of nitrogens with one attached hydrogen (secondary N) is 1. The van der Waals surface area contributed by atoms with Crippen LogP contribution in [0.5, 0.6) is 0 Å². The molecular weight excluding hydrogens is 316 g/mol. The molecule has 0 saturated carbocycles. The van der Waals surface area contributed by atoms with Crippen LogP contribution in [0.15, 0.2) is 30.3 Å². The molecule has 2 aliphatic rings. The van der Waals surface area contributed by atoms with Gasteiger partial charge in [-0.15, -0.1) is 0 Å². The van der Waals surface area contributed by atoms with E-state index in [2.05, 4.69) is 29.6 Å². The molecule has 0 unspecified atom stereocenters. The molecule has 25 heavy (non-hydrogen) atoms. The minimum Gasteiger partial charge on any atom is -0.381 e. The normalized spacial score (nSPS) is 19.6. The first-order chi connectivity index (χ1) is 12.2. The molecule has 2 fully saturated rings. The zero-order chi connectivity index (χ0) is 17.5. The third-order valence-electron chi connectivity index (χ3n) is 5.34. The lowest BCUT2D eigenvalue weighted by Crippen LogP contribution is -2.45. The molecule has 0 aromatic heterocycles. The summed E-state index contributed by atoms with van der Waals surface area (Å²) in [5, 5.41) is 2.81. The van der Waals surface area contributed by atoms with E-state index < -0.39 is 0 Å². The topological polar surface area (TPSA) is 58.6 Å². The van der Waals surface area contributed by atoms with Gasteiger partial charge in [-0.2, -0.15) is 0 Å². The van der Waals surface area contributed by atoms with Crippen LogP contribution < -0.4 is 5.32 Å². The summed E-state index contributed by atoms with van der Waals surface area (Å²) in [6.45, 7) is 2.99. The molecule has 0 radical (unpaired) electrons. The number of hydrogen-bond donors (Lipinski definition) is 1. The Kier molecular flexibility index (Phi) is 6.45. The van der Waals surface area contributed by atoms with Crippen LogP contribution in [0.4, 0.5) is 0 Å². The fraction of sp³-hybridized carbons (Fsp3) is 0.600. The standard InChI is InChI=1S/C20H28N2O3/c23-19(15-21-20(24)18-8-12-25-13-9-18)22-10-6-17(7-11-22)14-16-4-2-1-3-5-16/h1-5,17-18H,6-15H2,(H,21,24). The first-order valence-corrected chi connectivity index (χ1v) is 9.39. The zero-order valence-electron chi connectivity index (χ0n) is 14.8. The highest BCUT2D eigenvalue weighted by atomic mass is 16.5. The lowest BCUT2D eigenvalue weighted by molar-refractivity contribution is -0.135. The highest BCUT2D eigenvalue weighted by Crippen LogP contribution is 2.21. The lowest BCUT2D eigenvalue weighted by atomic mass is 9.90. The van der Waals surface area contributed by atoms with Crippen molar-refractivity contribution in [2.75, 3.05) is 32.8 Å². The summed E-state index contributed by atoms with van der Waals surface area (Å²) < 4.78 is 5.27. The first kappa shape index (κ1) is 17.9. The van der Waals surface area contributed by atoms with Crippen molar-refractivity contribution in [2.45, 2.75) is 32.1 Å². The molecule has 1 aromatic rings. The predicted molar refractivity (Wildman–Crippen MR) is 96.0 cm³/mol. The Bertz CT molecular complexity index is 562. The van der Waals surface area contributed by atoms with Gasteiger partial charge in [0, 0.05) is 32.2 Å². The van der Waals surface area contributed by atoms with E-state index in [1.165, 1.54) is 5.56 Å². The van der Waals surface area contributed by atoms with Gasteiger partial charge in [0.2, 0.25) is 11.8 Å². The van der Waals surface area contributed by atoms with E-state index in [-0.39, 0.29) is 24.3 Å². The summed E-state index contributed by atoms with van der Waals surface area (Å²) in [6.07, 6.45) is 4.67. The summed E-state index contributed by atoms with van der Waals surface area (Å²) in [4.78, 5) is 26.3. The smallest absolute Gasteiger partial charge is 0.241 e. The average molecular weight is 344 g/mol. The second-order valence-corrected chi connectivity index (χ2v) is 7.12. The van der Waals surface area contributed by atoms with Gasteiger partial charge in [-0.05, 0) is 43.6 Å². The van der Waals surface area contributed by atoms with Crippen LogP contribution >= 0.6 is 0 Å². The van der Waals surface area contributed by atoms with Crippen molar-refractivity contribution >= 4 is 11.8 Å². The monoisotopic (exact) mass is 344 g/mol. The maximum atomic E-state index is 12.3. The number of likely N-dealkylation sites (tertiary alicyclic amines) is 1. The molecule has 136 valence electrons. The van der Waals surface area contributed by atoms with Crippen molar-refractivity contribution in [1.82, 2.24) is 10.2 Å². The van der Waals surface area contributed by atoms with E-state index in [4.69, 9.17) is 4.74 Å². The van der Waals surface area contributed by atoms with E-state index in [0.717, 1.165) is 45.2 Å². The molecule has 2 aliphatic heterocycles. The van der Waals surface area contributed by atoms with Crippen molar-refractivity contribution in [1.29, 1.82) is 0 Å². The van der Waals surface area contributed by atoms with E-state index in [0.29, 0.717) is 19.1 Å². The summed E-state index contributed by atoms with van der Waals surface area (Å²) in [5.74, 6) is 0.677. The fourth-order valence-corrected chi connectivity index (χ4v) is 3.71.